The van der Waals surface area contributed by atoms with Crippen LogP contribution in [0.15, 0.2) is 42.9 Å². The van der Waals surface area contributed by atoms with Crippen molar-refractivity contribution in [2.24, 2.45) is 0 Å². The van der Waals surface area contributed by atoms with Crippen LogP contribution < -0.4 is 10.5 Å². The second kappa shape index (κ2) is 8.10. The van der Waals surface area contributed by atoms with Crippen molar-refractivity contribution in [2.75, 3.05) is 12.3 Å². The molecule has 1 aromatic carbocycles. The Morgan fingerprint density at radius 3 is 2.73 bits per heavy atom. The molecule has 3 aromatic rings. The third-order valence-corrected chi connectivity index (χ3v) is 5.40. The number of nitrogens with two attached hydrogens (primary N) is 1. The zero-order valence-electron chi connectivity index (χ0n) is 16.8. The summed E-state index contributed by atoms with van der Waals surface area (Å²) in [5.74, 6) is -0.208. The van der Waals surface area contributed by atoms with Gasteiger partial charge in [0.25, 0.3) is 5.91 Å². The largest absolute Gasteiger partial charge is 0.472 e. The van der Waals surface area contributed by atoms with Crippen molar-refractivity contribution in [1.82, 2.24) is 24.9 Å². The number of amides is 1. The minimum absolute atomic E-state index is 0.00994. The van der Waals surface area contributed by atoms with E-state index in [1.165, 1.54) is 35.4 Å². The Morgan fingerprint density at radius 1 is 1.20 bits per heavy atom. The van der Waals surface area contributed by atoms with E-state index >= 15 is 0 Å². The Bertz CT molecular complexity index is 1060. The molecule has 1 amide bonds. The SMILES string of the molecule is Cc1c(N)ccnc1OC1CCC(C)N(C(=O)c2ccc(F)cc2-n2nccn2)C1. The van der Waals surface area contributed by atoms with Crippen LogP contribution >= 0.6 is 0 Å². The maximum atomic E-state index is 13.9. The summed E-state index contributed by atoms with van der Waals surface area (Å²) in [6.45, 7) is 4.24. The lowest BCUT2D eigenvalue weighted by atomic mass is 9.99. The van der Waals surface area contributed by atoms with E-state index < -0.39 is 5.82 Å². The highest BCUT2D eigenvalue weighted by molar-refractivity contribution is 5.98. The van der Waals surface area contributed by atoms with E-state index in [-0.39, 0.29) is 18.1 Å². The minimum Gasteiger partial charge on any atom is -0.472 e. The molecule has 2 unspecified atom stereocenters. The van der Waals surface area contributed by atoms with Gasteiger partial charge in [0.05, 0.1) is 24.5 Å². The third kappa shape index (κ3) is 3.83. The van der Waals surface area contributed by atoms with E-state index in [1.807, 2.05) is 13.8 Å². The maximum absolute atomic E-state index is 13.9. The standard InChI is InChI=1S/C21H23FN6O2/c1-13-3-5-16(30-20-14(2)18(23)7-8-24-20)12-27(13)21(29)17-6-4-15(22)11-19(17)28-25-9-10-26-28/h4,6-11,13,16H,3,5,12H2,1-2H3,(H2,23,24). The van der Waals surface area contributed by atoms with Crippen LogP contribution in [0.1, 0.15) is 35.7 Å². The number of hydrogen-bond donors (Lipinski definition) is 1. The molecule has 3 heterocycles. The van der Waals surface area contributed by atoms with Gasteiger partial charge >= 0.3 is 0 Å². The van der Waals surface area contributed by atoms with Crippen LogP contribution in [0.5, 0.6) is 5.88 Å². The van der Waals surface area contributed by atoms with Crippen molar-refractivity contribution in [2.45, 2.75) is 38.8 Å². The molecular formula is C21H23FN6O2. The number of nitrogens with zero attached hydrogens (tertiary/aromatic N) is 5. The van der Waals surface area contributed by atoms with Crippen molar-refractivity contribution in [3.8, 4) is 11.6 Å². The topological polar surface area (TPSA) is 99.2 Å². The van der Waals surface area contributed by atoms with Gasteiger partial charge in [-0.3, -0.25) is 4.79 Å². The predicted molar refractivity (Wildman–Crippen MR) is 109 cm³/mol. The van der Waals surface area contributed by atoms with Crippen molar-refractivity contribution in [3.05, 3.63) is 59.8 Å². The fraction of sp³-hybridized carbons (Fsp3) is 0.333. The van der Waals surface area contributed by atoms with E-state index in [2.05, 4.69) is 15.2 Å². The molecular weight excluding hydrogens is 387 g/mol. The highest BCUT2D eigenvalue weighted by Gasteiger charge is 2.32. The van der Waals surface area contributed by atoms with Crippen LogP contribution in [0.25, 0.3) is 5.69 Å². The Morgan fingerprint density at radius 2 is 1.97 bits per heavy atom. The number of halogens is 1. The van der Waals surface area contributed by atoms with Gasteiger partial charge in [-0.1, -0.05) is 0 Å². The van der Waals surface area contributed by atoms with Gasteiger partial charge in [-0.2, -0.15) is 15.0 Å². The molecule has 1 aliphatic heterocycles. The van der Waals surface area contributed by atoms with Crippen LogP contribution in [0.2, 0.25) is 0 Å². The van der Waals surface area contributed by atoms with Gasteiger partial charge in [-0.15, -0.1) is 0 Å². The maximum Gasteiger partial charge on any atom is 0.256 e. The van der Waals surface area contributed by atoms with Crippen molar-refractivity contribution in [1.29, 1.82) is 0 Å². The van der Waals surface area contributed by atoms with Crippen molar-refractivity contribution < 1.29 is 13.9 Å². The number of rotatable bonds is 4. The number of anilines is 1. The lowest BCUT2D eigenvalue weighted by molar-refractivity contribution is 0.0371. The van der Waals surface area contributed by atoms with E-state index in [0.717, 1.165) is 18.4 Å². The molecule has 0 spiro atoms. The number of nitrogen functional groups attached to an aromatic ring is 1. The molecule has 0 bridgehead atoms. The molecule has 9 heteroatoms. The van der Waals surface area contributed by atoms with Crippen molar-refractivity contribution in [3.63, 3.8) is 0 Å². The van der Waals surface area contributed by atoms with Crippen LogP contribution in [0.3, 0.4) is 0 Å². The van der Waals surface area contributed by atoms with Crippen LogP contribution in [-0.4, -0.2) is 49.5 Å². The number of likely N-dealkylation sites (tertiary alicyclic amines) is 1. The quantitative estimate of drug-likeness (QED) is 0.710. The zero-order chi connectivity index (χ0) is 21.3. The molecule has 4 rings (SSSR count). The van der Waals surface area contributed by atoms with Gasteiger partial charge in [0, 0.05) is 29.6 Å². The average molecular weight is 410 g/mol. The number of piperidine rings is 1. The zero-order valence-corrected chi connectivity index (χ0v) is 16.8. The Balaban J connectivity index is 1.59. The number of hydrogen-bond acceptors (Lipinski definition) is 6. The number of pyridine rings is 1. The first-order valence-electron chi connectivity index (χ1n) is 9.79. The van der Waals surface area contributed by atoms with Gasteiger partial charge < -0.3 is 15.4 Å². The van der Waals surface area contributed by atoms with Gasteiger partial charge in [0.2, 0.25) is 5.88 Å². The summed E-state index contributed by atoms with van der Waals surface area (Å²) in [7, 11) is 0. The molecule has 2 aromatic heterocycles. The highest BCUT2D eigenvalue weighted by Crippen LogP contribution is 2.27. The van der Waals surface area contributed by atoms with Gasteiger partial charge in [-0.25, -0.2) is 9.37 Å². The number of benzene rings is 1. The Labute approximate surface area is 173 Å². The second-order valence-electron chi connectivity index (χ2n) is 7.43. The normalized spacial score (nSPS) is 19.0. The van der Waals surface area contributed by atoms with E-state index in [4.69, 9.17) is 10.5 Å². The lowest BCUT2D eigenvalue weighted by Crippen LogP contribution is -2.49. The number of carbonyl (C=O) groups excluding carboxylic acids is 1. The van der Waals surface area contributed by atoms with E-state index in [1.54, 1.807) is 17.2 Å². The molecule has 0 aliphatic carbocycles. The van der Waals surface area contributed by atoms with Crippen LogP contribution in [0.4, 0.5) is 10.1 Å². The van der Waals surface area contributed by atoms with Crippen LogP contribution in [0, 0.1) is 12.7 Å². The summed E-state index contributed by atoms with van der Waals surface area (Å²) in [4.78, 5) is 20.7. The third-order valence-electron chi connectivity index (χ3n) is 5.40. The Kier molecular flexibility index (Phi) is 5.35. The molecule has 0 saturated carbocycles. The molecule has 8 nitrogen and oxygen atoms in total. The molecule has 1 fully saturated rings. The molecule has 0 radical (unpaired) electrons. The number of carbonyl (C=O) groups is 1. The van der Waals surface area contributed by atoms with E-state index in [0.29, 0.717) is 29.4 Å². The summed E-state index contributed by atoms with van der Waals surface area (Å²) >= 11 is 0. The fourth-order valence-corrected chi connectivity index (χ4v) is 3.61. The first kappa shape index (κ1) is 19.8. The minimum atomic E-state index is -0.463. The summed E-state index contributed by atoms with van der Waals surface area (Å²) in [5.41, 5.74) is 7.96. The molecule has 2 atom stereocenters. The van der Waals surface area contributed by atoms with Crippen molar-refractivity contribution >= 4 is 11.6 Å². The summed E-state index contributed by atoms with van der Waals surface area (Å²) in [6.07, 6.45) is 5.91. The lowest BCUT2D eigenvalue weighted by Gasteiger charge is -2.38. The van der Waals surface area contributed by atoms with E-state index in [9.17, 15) is 9.18 Å². The molecule has 30 heavy (non-hydrogen) atoms. The fourth-order valence-electron chi connectivity index (χ4n) is 3.61. The number of ether oxygens (including phenoxy) is 1. The molecule has 156 valence electrons. The first-order chi connectivity index (χ1) is 14.4. The summed E-state index contributed by atoms with van der Waals surface area (Å²) < 4.78 is 19.9. The highest BCUT2D eigenvalue weighted by atomic mass is 19.1. The first-order valence-corrected chi connectivity index (χ1v) is 9.79. The smallest absolute Gasteiger partial charge is 0.256 e. The van der Waals surface area contributed by atoms with Gasteiger partial charge in [-0.05, 0) is 44.9 Å². The van der Waals surface area contributed by atoms with Gasteiger partial charge in [0.1, 0.15) is 17.6 Å². The monoisotopic (exact) mass is 410 g/mol. The molecule has 2 N–H and O–H groups in total. The molecule has 1 aliphatic rings. The number of aromatic nitrogens is 4. The predicted octanol–water partition coefficient (Wildman–Crippen LogP) is 2.76. The summed E-state index contributed by atoms with van der Waals surface area (Å²) in [6, 6.07) is 5.73. The van der Waals surface area contributed by atoms with Gasteiger partial charge in [0.15, 0.2) is 0 Å². The van der Waals surface area contributed by atoms with Crippen LogP contribution in [-0.2, 0) is 0 Å². The second-order valence-corrected chi connectivity index (χ2v) is 7.43. The molecule has 1 saturated heterocycles. The summed E-state index contributed by atoms with van der Waals surface area (Å²) in [5, 5.41) is 8.09. The average Bonchev–Trinajstić information content (AvgIpc) is 3.27. The Hall–Kier alpha value is -3.49.